The van der Waals surface area contributed by atoms with Gasteiger partial charge in [-0.25, -0.2) is 0 Å². The van der Waals surface area contributed by atoms with Crippen molar-refractivity contribution in [3.63, 3.8) is 0 Å². The van der Waals surface area contributed by atoms with Crippen LogP contribution in [0.15, 0.2) is 48.7 Å². The molecule has 0 amide bonds. The standard InChI is InChI=1S/C17H15NO/c19-17(14-7-8-14)15-9-11-16(18-12-15)10-6-13-4-2-1-3-5-13/h1-6,9-12,14H,7-8H2/b10-6+. The number of carbonyl (C=O) groups excluding carboxylic acids is 1. The second-order valence-corrected chi connectivity index (χ2v) is 4.85. The van der Waals surface area contributed by atoms with E-state index in [0.29, 0.717) is 0 Å². The first-order chi connectivity index (χ1) is 9.33. The van der Waals surface area contributed by atoms with Gasteiger partial charge in [0, 0.05) is 17.7 Å². The summed E-state index contributed by atoms with van der Waals surface area (Å²) >= 11 is 0. The molecule has 2 nitrogen and oxygen atoms in total. The Balaban J connectivity index is 1.72. The van der Waals surface area contributed by atoms with Gasteiger partial charge in [-0.2, -0.15) is 0 Å². The van der Waals surface area contributed by atoms with Gasteiger partial charge in [0.15, 0.2) is 5.78 Å². The third-order valence-electron chi connectivity index (χ3n) is 3.27. The zero-order valence-electron chi connectivity index (χ0n) is 10.6. The molecule has 0 bridgehead atoms. The molecule has 3 rings (SSSR count). The Morgan fingerprint density at radius 1 is 1.05 bits per heavy atom. The predicted molar refractivity (Wildman–Crippen MR) is 76.7 cm³/mol. The second kappa shape index (κ2) is 5.19. The van der Waals surface area contributed by atoms with Crippen molar-refractivity contribution in [2.45, 2.75) is 12.8 Å². The Hall–Kier alpha value is -2.22. The maximum absolute atomic E-state index is 11.8. The minimum atomic E-state index is 0.242. The van der Waals surface area contributed by atoms with Crippen LogP contribution >= 0.6 is 0 Å². The number of nitrogens with zero attached hydrogens (tertiary/aromatic N) is 1. The topological polar surface area (TPSA) is 30.0 Å². The summed E-state index contributed by atoms with van der Waals surface area (Å²) in [6.07, 6.45) is 7.74. The Labute approximate surface area is 112 Å². The third-order valence-corrected chi connectivity index (χ3v) is 3.27. The first kappa shape index (κ1) is 11.8. The molecule has 1 saturated carbocycles. The van der Waals surface area contributed by atoms with Crippen molar-refractivity contribution < 1.29 is 4.79 Å². The van der Waals surface area contributed by atoms with Gasteiger partial charge in [-0.15, -0.1) is 0 Å². The minimum Gasteiger partial charge on any atom is -0.294 e. The molecule has 1 aliphatic rings. The predicted octanol–water partition coefficient (Wildman–Crippen LogP) is 3.84. The molecule has 0 unspecified atom stereocenters. The van der Waals surface area contributed by atoms with E-state index in [1.54, 1.807) is 6.20 Å². The molecular formula is C17H15NO. The van der Waals surface area contributed by atoms with Gasteiger partial charge in [0.25, 0.3) is 0 Å². The zero-order chi connectivity index (χ0) is 13.1. The fraction of sp³-hybridized carbons (Fsp3) is 0.176. The molecule has 1 aliphatic carbocycles. The van der Waals surface area contributed by atoms with Crippen molar-refractivity contribution in [3.05, 3.63) is 65.5 Å². The van der Waals surface area contributed by atoms with Crippen LogP contribution in [0.4, 0.5) is 0 Å². The molecular weight excluding hydrogens is 234 g/mol. The lowest BCUT2D eigenvalue weighted by Gasteiger charge is -1.99. The van der Waals surface area contributed by atoms with Crippen LogP contribution in [0.5, 0.6) is 0 Å². The van der Waals surface area contributed by atoms with Gasteiger partial charge in [0.1, 0.15) is 0 Å². The number of aromatic nitrogens is 1. The highest BCUT2D eigenvalue weighted by Gasteiger charge is 2.30. The molecule has 94 valence electrons. The van der Waals surface area contributed by atoms with Gasteiger partial charge in [-0.1, -0.05) is 36.4 Å². The number of hydrogen-bond acceptors (Lipinski definition) is 2. The summed E-state index contributed by atoms with van der Waals surface area (Å²) in [5.41, 5.74) is 2.75. The number of hydrogen-bond donors (Lipinski definition) is 0. The largest absolute Gasteiger partial charge is 0.294 e. The van der Waals surface area contributed by atoms with Crippen molar-refractivity contribution in [1.29, 1.82) is 0 Å². The molecule has 1 heterocycles. The highest BCUT2D eigenvalue weighted by Crippen LogP contribution is 2.32. The number of rotatable bonds is 4. The van der Waals surface area contributed by atoms with Crippen molar-refractivity contribution >= 4 is 17.9 Å². The van der Waals surface area contributed by atoms with Crippen molar-refractivity contribution in [2.24, 2.45) is 5.92 Å². The van der Waals surface area contributed by atoms with E-state index in [1.807, 2.05) is 54.6 Å². The van der Waals surface area contributed by atoms with E-state index in [4.69, 9.17) is 0 Å². The SMILES string of the molecule is O=C(c1ccc(/C=C/c2ccccc2)nc1)C1CC1. The summed E-state index contributed by atoms with van der Waals surface area (Å²) in [4.78, 5) is 16.2. The van der Waals surface area contributed by atoms with Crippen molar-refractivity contribution in [1.82, 2.24) is 4.98 Å². The van der Waals surface area contributed by atoms with E-state index < -0.39 is 0 Å². The van der Waals surface area contributed by atoms with Gasteiger partial charge in [-0.3, -0.25) is 9.78 Å². The maximum Gasteiger partial charge on any atom is 0.167 e. The van der Waals surface area contributed by atoms with Gasteiger partial charge in [0.2, 0.25) is 0 Å². The molecule has 0 N–H and O–H groups in total. The molecule has 0 atom stereocenters. The number of benzene rings is 1. The Kier molecular flexibility index (Phi) is 3.23. The van der Waals surface area contributed by atoms with Crippen LogP contribution in [-0.2, 0) is 0 Å². The molecule has 2 heteroatoms. The van der Waals surface area contributed by atoms with Crippen LogP contribution < -0.4 is 0 Å². The fourth-order valence-corrected chi connectivity index (χ4v) is 1.98. The summed E-state index contributed by atoms with van der Waals surface area (Å²) in [5, 5.41) is 0. The number of carbonyl (C=O) groups is 1. The molecule has 0 radical (unpaired) electrons. The smallest absolute Gasteiger partial charge is 0.167 e. The maximum atomic E-state index is 11.8. The average molecular weight is 249 g/mol. The minimum absolute atomic E-state index is 0.242. The lowest BCUT2D eigenvalue weighted by molar-refractivity contribution is 0.0967. The monoisotopic (exact) mass is 249 g/mol. The molecule has 1 aromatic carbocycles. The quantitative estimate of drug-likeness (QED) is 0.770. The van der Waals surface area contributed by atoms with Gasteiger partial charge in [0.05, 0.1) is 5.69 Å². The van der Waals surface area contributed by atoms with E-state index >= 15 is 0 Å². The first-order valence-electron chi connectivity index (χ1n) is 6.56. The molecule has 2 aromatic rings. The van der Waals surface area contributed by atoms with Crippen molar-refractivity contribution in [2.75, 3.05) is 0 Å². The summed E-state index contributed by atoms with van der Waals surface area (Å²) in [6, 6.07) is 13.9. The number of pyridine rings is 1. The summed E-state index contributed by atoms with van der Waals surface area (Å²) in [6.45, 7) is 0. The third kappa shape index (κ3) is 2.97. The highest BCUT2D eigenvalue weighted by molar-refractivity contribution is 5.99. The highest BCUT2D eigenvalue weighted by atomic mass is 16.1. The van der Waals surface area contributed by atoms with Crippen LogP contribution in [0.25, 0.3) is 12.2 Å². The van der Waals surface area contributed by atoms with E-state index in [9.17, 15) is 4.79 Å². The molecule has 1 fully saturated rings. The first-order valence-corrected chi connectivity index (χ1v) is 6.56. The number of ketones is 1. The van der Waals surface area contributed by atoms with E-state index in [1.165, 1.54) is 0 Å². The van der Waals surface area contributed by atoms with E-state index in [2.05, 4.69) is 4.98 Å². The molecule has 0 aliphatic heterocycles. The van der Waals surface area contributed by atoms with Gasteiger partial charge in [-0.05, 0) is 36.6 Å². The Bertz CT molecular complexity index is 595. The Morgan fingerprint density at radius 2 is 1.84 bits per heavy atom. The number of Topliss-reactive ketones (excluding diaryl/α,β-unsaturated/α-hetero) is 1. The van der Waals surface area contributed by atoms with Crippen LogP contribution in [0.1, 0.15) is 34.5 Å². The van der Waals surface area contributed by atoms with Crippen LogP contribution in [0.3, 0.4) is 0 Å². The van der Waals surface area contributed by atoms with E-state index in [-0.39, 0.29) is 11.7 Å². The lowest BCUT2D eigenvalue weighted by Crippen LogP contribution is -2.01. The van der Waals surface area contributed by atoms with E-state index in [0.717, 1.165) is 29.7 Å². The zero-order valence-corrected chi connectivity index (χ0v) is 10.6. The normalized spacial score (nSPS) is 14.7. The lowest BCUT2D eigenvalue weighted by atomic mass is 10.1. The second-order valence-electron chi connectivity index (χ2n) is 4.85. The summed E-state index contributed by atoms with van der Waals surface area (Å²) in [5.74, 6) is 0.499. The van der Waals surface area contributed by atoms with Crippen molar-refractivity contribution in [3.8, 4) is 0 Å². The summed E-state index contributed by atoms with van der Waals surface area (Å²) in [7, 11) is 0. The van der Waals surface area contributed by atoms with Crippen LogP contribution in [0, 0.1) is 5.92 Å². The average Bonchev–Trinajstić information content (AvgIpc) is 3.31. The Morgan fingerprint density at radius 3 is 2.47 bits per heavy atom. The molecule has 0 spiro atoms. The van der Waals surface area contributed by atoms with Gasteiger partial charge >= 0.3 is 0 Å². The van der Waals surface area contributed by atoms with Crippen LogP contribution in [0.2, 0.25) is 0 Å². The molecule has 0 saturated heterocycles. The molecule has 19 heavy (non-hydrogen) atoms. The summed E-state index contributed by atoms with van der Waals surface area (Å²) < 4.78 is 0. The molecule has 1 aromatic heterocycles. The van der Waals surface area contributed by atoms with Gasteiger partial charge < -0.3 is 0 Å². The van der Waals surface area contributed by atoms with Crippen LogP contribution in [-0.4, -0.2) is 10.8 Å². The fourth-order valence-electron chi connectivity index (χ4n) is 1.98.